The molecule has 0 spiro atoms. The number of nitrogens with zero attached hydrogens (tertiary/aromatic N) is 2. The fourth-order valence-electron chi connectivity index (χ4n) is 2.76. The predicted molar refractivity (Wildman–Crippen MR) is 88.6 cm³/mol. The second-order valence-electron chi connectivity index (χ2n) is 5.42. The summed E-state index contributed by atoms with van der Waals surface area (Å²) in [4.78, 5) is 19.1. The van der Waals surface area contributed by atoms with Gasteiger partial charge in [-0.05, 0) is 12.3 Å². The Bertz CT molecular complexity index is 688. The molecule has 1 aromatic carbocycles. The van der Waals surface area contributed by atoms with Gasteiger partial charge >= 0.3 is 0 Å². The van der Waals surface area contributed by atoms with E-state index in [0.717, 1.165) is 23.1 Å². The van der Waals surface area contributed by atoms with Crippen LogP contribution in [0.4, 0.5) is 5.82 Å². The quantitative estimate of drug-likeness (QED) is 0.880. The van der Waals surface area contributed by atoms with Crippen molar-refractivity contribution in [1.82, 2.24) is 9.88 Å². The normalized spacial score (nSPS) is 22.5. The van der Waals surface area contributed by atoms with Gasteiger partial charge in [-0.2, -0.15) is 11.8 Å². The minimum atomic E-state index is 0.0540. The van der Waals surface area contributed by atoms with E-state index in [1.54, 1.807) is 6.20 Å². The molecule has 21 heavy (non-hydrogen) atoms. The molecule has 1 fully saturated rings. The number of aromatic nitrogens is 1. The number of nitrogens with two attached hydrogens (primary N) is 1. The highest BCUT2D eigenvalue weighted by molar-refractivity contribution is 8.00. The zero-order valence-corrected chi connectivity index (χ0v) is 13.1. The maximum Gasteiger partial charge on any atom is 0.256 e. The third kappa shape index (κ3) is 2.46. The summed E-state index contributed by atoms with van der Waals surface area (Å²) in [6.07, 6.45) is 1.61. The zero-order valence-electron chi connectivity index (χ0n) is 12.2. The van der Waals surface area contributed by atoms with Gasteiger partial charge in [0.2, 0.25) is 0 Å². The second kappa shape index (κ2) is 5.56. The summed E-state index contributed by atoms with van der Waals surface area (Å²) >= 11 is 1.92. The molecule has 3 rings (SSSR count). The van der Waals surface area contributed by atoms with E-state index < -0.39 is 0 Å². The van der Waals surface area contributed by atoms with E-state index in [1.807, 2.05) is 40.9 Å². The third-order valence-electron chi connectivity index (χ3n) is 4.20. The summed E-state index contributed by atoms with van der Waals surface area (Å²) in [7, 11) is 0. The number of carbonyl (C=O) groups excluding carboxylic acids is 1. The van der Waals surface area contributed by atoms with Crippen molar-refractivity contribution in [3.8, 4) is 0 Å². The van der Waals surface area contributed by atoms with Crippen molar-refractivity contribution in [3.05, 3.63) is 36.0 Å². The molecule has 1 aromatic heterocycles. The van der Waals surface area contributed by atoms with Crippen LogP contribution in [0.3, 0.4) is 0 Å². The van der Waals surface area contributed by atoms with E-state index in [0.29, 0.717) is 16.6 Å². The average molecular weight is 301 g/mol. The minimum Gasteiger partial charge on any atom is -0.383 e. The lowest BCUT2D eigenvalue weighted by atomic mass is 10.0. The highest BCUT2D eigenvalue weighted by Crippen LogP contribution is 2.28. The van der Waals surface area contributed by atoms with Crippen LogP contribution in [-0.2, 0) is 0 Å². The maximum absolute atomic E-state index is 12.9. The largest absolute Gasteiger partial charge is 0.383 e. The highest BCUT2D eigenvalue weighted by atomic mass is 32.2. The van der Waals surface area contributed by atoms with Gasteiger partial charge in [0, 0.05) is 35.2 Å². The van der Waals surface area contributed by atoms with Crippen LogP contribution in [-0.4, -0.2) is 39.4 Å². The summed E-state index contributed by atoms with van der Waals surface area (Å²) in [6.45, 7) is 5.07. The summed E-state index contributed by atoms with van der Waals surface area (Å²) in [5, 5.41) is 2.18. The first kappa shape index (κ1) is 14.2. The van der Waals surface area contributed by atoms with E-state index in [1.165, 1.54) is 0 Å². The number of hydrogen-bond donors (Lipinski definition) is 1. The molecular formula is C16H19N3OS. The van der Waals surface area contributed by atoms with Crippen molar-refractivity contribution in [2.45, 2.75) is 25.1 Å². The number of benzene rings is 1. The van der Waals surface area contributed by atoms with Gasteiger partial charge in [-0.25, -0.2) is 4.98 Å². The van der Waals surface area contributed by atoms with Crippen LogP contribution in [0.2, 0.25) is 0 Å². The van der Waals surface area contributed by atoms with Crippen molar-refractivity contribution in [2.24, 2.45) is 0 Å². The van der Waals surface area contributed by atoms with Crippen LogP contribution in [0.25, 0.3) is 10.8 Å². The molecule has 1 aliphatic heterocycles. The van der Waals surface area contributed by atoms with Gasteiger partial charge in [-0.1, -0.05) is 31.2 Å². The SMILES string of the molecule is CC1SCCN(C(=O)c2cnc(N)c3ccccc23)C1C. The molecule has 110 valence electrons. The van der Waals surface area contributed by atoms with Crippen molar-refractivity contribution in [3.63, 3.8) is 0 Å². The van der Waals surface area contributed by atoms with Gasteiger partial charge in [0.25, 0.3) is 5.91 Å². The first-order valence-electron chi connectivity index (χ1n) is 7.15. The molecule has 2 heterocycles. The molecular weight excluding hydrogens is 282 g/mol. The number of thioether (sulfide) groups is 1. The van der Waals surface area contributed by atoms with Gasteiger partial charge in [0.1, 0.15) is 5.82 Å². The van der Waals surface area contributed by atoms with Crippen molar-refractivity contribution < 1.29 is 4.79 Å². The van der Waals surface area contributed by atoms with Crippen LogP contribution < -0.4 is 5.73 Å². The van der Waals surface area contributed by atoms with Crippen LogP contribution in [0, 0.1) is 0 Å². The molecule has 2 unspecified atom stereocenters. The summed E-state index contributed by atoms with van der Waals surface area (Å²) in [6, 6.07) is 7.92. The molecule has 1 amide bonds. The Morgan fingerprint density at radius 3 is 2.81 bits per heavy atom. The molecule has 1 aliphatic rings. The minimum absolute atomic E-state index is 0.0540. The monoisotopic (exact) mass is 301 g/mol. The van der Waals surface area contributed by atoms with Crippen molar-refractivity contribution in [1.29, 1.82) is 0 Å². The molecule has 2 atom stereocenters. The Morgan fingerprint density at radius 2 is 2.05 bits per heavy atom. The number of anilines is 1. The van der Waals surface area contributed by atoms with E-state index in [2.05, 4.69) is 18.8 Å². The van der Waals surface area contributed by atoms with Crippen LogP contribution in [0.1, 0.15) is 24.2 Å². The Hall–Kier alpha value is -1.75. The molecule has 0 aliphatic carbocycles. The summed E-state index contributed by atoms with van der Waals surface area (Å²) < 4.78 is 0. The molecule has 0 radical (unpaired) electrons. The number of fused-ring (bicyclic) bond motifs is 1. The van der Waals surface area contributed by atoms with Gasteiger partial charge in [0.05, 0.1) is 5.56 Å². The second-order valence-corrected chi connectivity index (χ2v) is 6.90. The third-order valence-corrected chi connectivity index (χ3v) is 5.54. The Balaban J connectivity index is 2.04. The first-order chi connectivity index (χ1) is 10.1. The number of rotatable bonds is 1. The lowest BCUT2D eigenvalue weighted by Crippen LogP contribution is -2.48. The molecule has 0 bridgehead atoms. The highest BCUT2D eigenvalue weighted by Gasteiger charge is 2.30. The smallest absolute Gasteiger partial charge is 0.256 e. The lowest BCUT2D eigenvalue weighted by molar-refractivity contribution is 0.0700. The molecule has 5 heteroatoms. The van der Waals surface area contributed by atoms with E-state index in [9.17, 15) is 4.79 Å². The van der Waals surface area contributed by atoms with Gasteiger partial charge in [-0.3, -0.25) is 4.79 Å². The fourth-order valence-corrected chi connectivity index (χ4v) is 3.86. The molecule has 0 saturated carbocycles. The molecule has 4 nitrogen and oxygen atoms in total. The molecule has 1 saturated heterocycles. The van der Waals surface area contributed by atoms with Gasteiger partial charge in [0.15, 0.2) is 0 Å². The first-order valence-corrected chi connectivity index (χ1v) is 8.20. The zero-order chi connectivity index (χ0) is 15.0. The predicted octanol–water partition coefficient (Wildman–Crippen LogP) is 2.78. The van der Waals surface area contributed by atoms with Crippen LogP contribution in [0.15, 0.2) is 30.5 Å². The fraction of sp³-hybridized carbons (Fsp3) is 0.375. The lowest BCUT2D eigenvalue weighted by Gasteiger charge is -2.37. The van der Waals surface area contributed by atoms with Gasteiger partial charge < -0.3 is 10.6 Å². The average Bonchev–Trinajstić information content (AvgIpc) is 2.50. The number of nitrogen functional groups attached to an aromatic ring is 1. The Kier molecular flexibility index (Phi) is 3.76. The summed E-state index contributed by atoms with van der Waals surface area (Å²) in [5.41, 5.74) is 6.56. The Morgan fingerprint density at radius 1 is 1.33 bits per heavy atom. The molecule has 2 N–H and O–H groups in total. The van der Waals surface area contributed by atoms with Gasteiger partial charge in [-0.15, -0.1) is 0 Å². The number of pyridine rings is 1. The van der Waals surface area contributed by atoms with Crippen LogP contribution in [0.5, 0.6) is 0 Å². The number of hydrogen-bond acceptors (Lipinski definition) is 4. The number of carbonyl (C=O) groups is 1. The number of amides is 1. The van der Waals surface area contributed by atoms with Crippen molar-refractivity contribution >= 4 is 34.3 Å². The topological polar surface area (TPSA) is 59.2 Å². The standard InChI is InChI=1S/C16H19N3OS/c1-10-11(2)21-8-7-19(10)16(20)14-9-18-15(17)13-6-4-3-5-12(13)14/h3-6,9-11H,7-8H2,1-2H3,(H2,17,18). The maximum atomic E-state index is 12.9. The summed E-state index contributed by atoms with van der Waals surface area (Å²) in [5.74, 6) is 1.51. The van der Waals surface area contributed by atoms with Crippen molar-refractivity contribution in [2.75, 3.05) is 18.0 Å². The van der Waals surface area contributed by atoms with Crippen LogP contribution >= 0.6 is 11.8 Å². The Labute approximate surface area is 128 Å². The molecule has 2 aromatic rings. The van der Waals surface area contributed by atoms with E-state index >= 15 is 0 Å². The van der Waals surface area contributed by atoms with E-state index in [4.69, 9.17) is 5.73 Å². The van der Waals surface area contributed by atoms with E-state index in [-0.39, 0.29) is 11.9 Å².